The van der Waals surface area contributed by atoms with E-state index < -0.39 is 5.54 Å². The zero-order valence-corrected chi connectivity index (χ0v) is 12.5. The van der Waals surface area contributed by atoms with E-state index in [1.807, 2.05) is 27.7 Å². The maximum Gasteiger partial charge on any atom is 0.244 e. The molecule has 0 aliphatic carbocycles. The predicted octanol–water partition coefficient (Wildman–Crippen LogP) is 2.86. The van der Waals surface area contributed by atoms with Gasteiger partial charge < -0.3 is 10.6 Å². The molecule has 3 nitrogen and oxygen atoms in total. The number of likely N-dealkylation sites (N-methyl/N-ethyl adjacent to an activating group) is 1. The molecule has 0 aliphatic rings. The lowest BCUT2D eigenvalue weighted by atomic mass is 9.97. The SMILES string of the molecule is CNC(C)(C)C(=O)Nc1c(C)c(C)cc(C)c1C. The molecule has 100 valence electrons. The van der Waals surface area contributed by atoms with Crippen molar-refractivity contribution < 1.29 is 4.79 Å². The molecule has 1 aromatic carbocycles. The Hall–Kier alpha value is -1.35. The summed E-state index contributed by atoms with van der Waals surface area (Å²) in [4.78, 5) is 12.2. The molecule has 2 N–H and O–H groups in total. The van der Waals surface area contributed by atoms with Crippen molar-refractivity contribution in [2.75, 3.05) is 12.4 Å². The van der Waals surface area contributed by atoms with Gasteiger partial charge in [-0.25, -0.2) is 0 Å². The molecule has 0 atom stereocenters. The van der Waals surface area contributed by atoms with Crippen molar-refractivity contribution in [3.63, 3.8) is 0 Å². The molecule has 0 radical (unpaired) electrons. The van der Waals surface area contributed by atoms with Gasteiger partial charge >= 0.3 is 0 Å². The van der Waals surface area contributed by atoms with Gasteiger partial charge in [-0.3, -0.25) is 4.79 Å². The van der Waals surface area contributed by atoms with Crippen LogP contribution < -0.4 is 10.6 Å². The molecule has 0 saturated carbocycles. The fraction of sp³-hybridized carbons (Fsp3) is 0.533. The minimum absolute atomic E-state index is 0.0128. The van der Waals surface area contributed by atoms with Gasteiger partial charge in [0.2, 0.25) is 5.91 Å². The third kappa shape index (κ3) is 2.72. The van der Waals surface area contributed by atoms with E-state index in [2.05, 4.69) is 30.5 Å². The largest absolute Gasteiger partial charge is 0.324 e. The van der Waals surface area contributed by atoms with Crippen molar-refractivity contribution >= 4 is 11.6 Å². The van der Waals surface area contributed by atoms with Gasteiger partial charge in [-0.2, -0.15) is 0 Å². The maximum absolute atomic E-state index is 12.2. The summed E-state index contributed by atoms with van der Waals surface area (Å²) < 4.78 is 0. The van der Waals surface area contributed by atoms with E-state index in [1.54, 1.807) is 7.05 Å². The van der Waals surface area contributed by atoms with Gasteiger partial charge in [0.1, 0.15) is 0 Å². The van der Waals surface area contributed by atoms with Crippen LogP contribution in [0.1, 0.15) is 36.1 Å². The summed E-state index contributed by atoms with van der Waals surface area (Å²) in [6, 6.07) is 2.16. The van der Waals surface area contributed by atoms with Gasteiger partial charge in [0.25, 0.3) is 0 Å². The second-order valence-corrected chi connectivity index (χ2v) is 5.46. The lowest BCUT2D eigenvalue weighted by molar-refractivity contribution is -0.121. The average Bonchev–Trinajstić information content (AvgIpc) is 2.31. The first-order valence-electron chi connectivity index (χ1n) is 6.28. The lowest BCUT2D eigenvalue weighted by Crippen LogP contribution is -2.48. The highest BCUT2D eigenvalue weighted by molar-refractivity contribution is 5.98. The molecule has 0 aliphatic heterocycles. The molecular weight excluding hydrogens is 224 g/mol. The standard InChI is InChI=1S/C15H24N2O/c1-9-8-10(2)12(4)13(11(9)3)17-14(18)15(5,6)16-7/h8,16H,1-7H3,(H,17,18). The Morgan fingerprint density at radius 2 is 1.50 bits per heavy atom. The number of rotatable bonds is 3. The highest BCUT2D eigenvalue weighted by Gasteiger charge is 2.26. The molecular formula is C15H24N2O. The summed E-state index contributed by atoms with van der Waals surface area (Å²) in [5.41, 5.74) is 5.06. The molecule has 0 aromatic heterocycles. The fourth-order valence-electron chi connectivity index (χ4n) is 1.79. The Bertz CT molecular complexity index is 450. The van der Waals surface area contributed by atoms with Crippen molar-refractivity contribution in [2.24, 2.45) is 0 Å². The lowest BCUT2D eigenvalue weighted by Gasteiger charge is -2.25. The molecule has 0 spiro atoms. The molecule has 1 rings (SSSR count). The minimum Gasteiger partial charge on any atom is -0.324 e. The highest BCUT2D eigenvalue weighted by atomic mass is 16.2. The molecule has 0 unspecified atom stereocenters. The van der Waals surface area contributed by atoms with Crippen LogP contribution in [0.4, 0.5) is 5.69 Å². The van der Waals surface area contributed by atoms with Crippen molar-refractivity contribution in [1.29, 1.82) is 0 Å². The summed E-state index contributed by atoms with van der Waals surface area (Å²) in [5.74, 6) is -0.0128. The zero-order valence-electron chi connectivity index (χ0n) is 12.5. The average molecular weight is 248 g/mol. The monoisotopic (exact) mass is 248 g/mol. The molecule has 0 saturated heterocycles. The smallest absolute Gasteiger partial charge is 0.244 e. The molecule has 0 fully saturated rings. The third-order valence-electron chi connectivity index (χ3n) is 3.80. The van der Waals surface area contributed by atoms with Gasteiger partial charge in [0, 0.05) is 5.69 Å². The topological polar surface area (TPSA) is 41.1 Å². The van der Waals surface area contributed by atoms with E-state index in [4.69, 9.17) is 0 Å². The number of carbonyl (C=O) groups excluding carboxylic acids is 1. The van der Waals surface area contributed by atoms with Crippen molar-refractivity contribution in [1.82, 2.24) is 5.32 Å². The summed E-state index contributed by atoms with van der Waals surface area (Å²) in [5, 5.41) is 6.07. The summed E-state index contributed by atoms with van der Waals surface area (Å²) in [7, 11) is 1.79. The Balaban J connectivity index is 3.16. The summed E-state index contributed by atoms with van der Waals surface area (Å²) in [6.07, 6.45) is 0. The first-order chi connectivity index (χ1) is 8.20. The van der Waals surface area contributed by atoms with Gasteiger partial charge in [-0.1, -0.05) is 6.07 Å². The zero-order chi connectivity index (χ0) is 14.1. The molecule has 1 amide bonds. The summed E-state index contributed by atoms with van der Waals surface area (Å²) >= 11 is 0. The van der Waals surface area contributed by atoms with Crippen LogP contribution in [-0.4, -0.2) is 18.5 Å². The van der Waals surface area contributed by atoms with Crippen LogP contribution in [-0.2, 0) is 4.79 Å². The van der Waals surface area contributed by atoms with E-state index in [0.29, 0.717) is 0 Å². The second kappa shape index (κ2) is 5.11. The van der Waals surface area contributed by atoms with E-state index in [0.717, 1.165) is 16.8 Å². The Labute approximate surface area is 110 Å². The minimum atomic E-state index is -0.573. The number of benzene rings is 1. The van der Waals surface area contributed by atoms with Gasteiger partial charge in [0.05, 0.1) is 5.54 Å². The van der Waals surface area contributed by atoms with Crippen LogP contribution in [0.25, 0.3) is 0 Å². The molecule has 18 heavy (non-hydrogen) atoms. The predicted molar refractivity (Wildman–Crippen MR) is 77.2 cm³/mol. The molecule has 3 heteroatoms. The first-order valence-corrected chi connectivity index (χ1v) is 6.28. The van der Waals surface area contributed by atoms with E-state index in [9.17, 15) is 4.79 Å². The second-order valence-electron chi connectivity index (χ2n) is 5.46. The number of carbonyl (C=O) groups is 1. The molecule has 1 aromatic rings. The molecule has 0 bridgehead atoms. The number of hydrogen-bond acceptors (Lipinski definition) is 2. The van der Waals surface area contributed by atoms with Gasteiger partial charge in [0.15, 0.2) is 0 Å². The van der Waals surface area contributed by atoms with Crippen LogP contribution in [0.5, 0.6) is 0 Å². The van der Waals surface area contributed by atoms with Gasteiger partial charge in [-0.05, 0) is 70.8 Å². The van der Waals surface area contributed by atoms with E-state index in [1.165, 1.54) is 11.1 Å². The quantitative estimate of drug-likeness (QED) is 0.863. The fourth-order valence-corrected chi connectivity index (χ4v) is 1.79. The Morgan fingerprint density at radius 3 is 1.89 bits per heavy atom. The first kappa shape index (κ1) is 14.7. The third-order valence-corrected chi connectivity index (χ3v) is 3.80. The number of anilines is 1. The van der Waals surface area contributed by atoms with Crippen LogP contribution in [0.3, 0.4) is 0 Å². The van der Waals surface area contributed by atoms with Crippen LogP contribution in [0.15, 0.2) is 6.07 Å². The van der Waals surface area contributed by atoms with Crippen LogP contribution >= 0.6 is 0 Å². The van der Waals surface area contributed by atoms with E-state index in [-0.39, 0.29) is 5.91 Å². The van der Waals surface area contributed by atoms with E-state index >= 15 is 0 Å². The Morgan fingerprint density at radius 1 is 1.06 bits per heavy atom. The number of nitrogens with one attached hydrogen (secondary N) is 2. The normalized spacial score (nSPS) is 11.5. The summed E-state index contributed by atoms with van der Waals surface area (Å²) in [6.45, 7) is 12.0. The Kier molecular flexibility index (Phi) is 4.17. The van der Waals surface area contributed by atoms with Crippen molar-refractivity contribution in [3.05, 3.63) is 28.3 Å². The maximum atomic E-state index is 12.2. The van der Waals surface area contributed by atoms with Gasteiger partial charge in [-0.15, -0.1) is 0 Å². The van der Waals surface area contributed by atoms with Crippen LogP contribution in [0.2, 0.25) is 0 Å². The molecule has 0 heterocycles. The van der Waals surface area contributed by atoms with Crippen molar-refractivity contribution in [2.45, 2.75) is 47.1 Å². The number of aryl methyl sites for hydroxylation is 2. The number of hydrogen-bond donors (Lipinski definition) is 2. The van der Waals surface area contributed by atoms with Crippen LogP contribution in [0, 0.1) is 27.7 Å². The number of amides is 1. The highest BCUT2D eigenvalue weighted by Crippen LogP contribution is 2.27. The van der Waals surface area contributed by atoms with Crippen molar-refractivity contribution in [3.8, 4) is 0 Å².